The van der Waals surface area contributed by atoms with E-state index in [1.807, 2.05) is 7.05 Å². The minimum Gasteiger partial charge on any atom is -0.373 e. The second kappa shape index (κ2) is 8.73. The van der Waals surface area contributed by atoms with Gasteiger partial charge in [0.2, 0.25) is 5.95 Å². The SMILES string of the molecule is CC(C)=CS(=O)(=O)C[C@H]1COC2C1OC[C@H]2Nc1nc(Nc2cnn(C)c2)ncc1Cl. The van der Waals surface area contributed by atoms with E-state index in [1.165, 1.54) is 11.6 Å². The van der Waals surface area contributed by atoms with E-state index in [0.717, 1.165) is 11.3 Å². The number of aryl methyl sites for hydroxylation is 1. The number of hydrogen-bond acceptors (Lipinski definition) is 9. The largest absolute Gasteiger partial charge is 0.373 e. The first kappa shape index (κ1) is 22.0. The van der Waals surface area contributed by atoms with Gasteiger partial charge in [0.15, 0.2) is 15.7 Å². The Morgan fingerprint density at radius 1 is 1.29 bits per heavy atom. The van der Waals surface area contributed by atoms with Crippen LogP contribution in [0.4, 0.5) is 17.5 Å². The fourth-order valence-electron chi connectivity index (χ4n) is 3.87. The first-order chi connectivity index (χ1) is 14.7. The lowest BCUT2D eigenvalue weighted by Crippen LogP contribution is -2.36. The normalized spacial score (nSPS) is 25.3. The minimum absolute atomic E-state index is 0.000487. The standard InChI is InChI=1S/C19H25ClN6O4S/c1-11(2)9-31(27,28)10-12-7-29-17-15(8-30-16(12)17)24-18-14(20)5-21-19(25-18)23-13-4-22-26(3)6-13/h4-6,9,12,15-17H,7-8,10H2,1-3H3,(H2,21,23,24,25)/t12-,15-,16?,17?/m1/s1. The van der Waals surface area contributed by atoms with Crippen LogP contribution >= 0.6 is 11.6 Å². The average Bonchev–Trinajstić information content (AvgIpc) is 3.36. The second-order valence-corrected chi connectivity index (χ2v) is 10.4. The first-order valence-electron chi connectivity index (χ1n) is 9.86. The number of anilines is 3. The molecule has 0 aliphatic carbocycles. The van der Waals surface area contributed by atoms with Crippen molar-refractivity contribution in [2.24, 2.45) is 13.0 Å². The number of halogens is 1. The van der Waals surface area contributed by atoms with Crippen LogP contribution in [0.2, 0.25) is 5.02 Å². The Hall–Kier alpha value is -2.21. The molecule has 0 aromatic carbocycles. The molecule has 31 heavy (non-hydrogen) atoms. The van der Waals surface area contributed by atoms with Crippen LogP contribution in [0.5, 0.6) is 0 Å². The van der Waals surface area contributed by atoms with E-state index in [0.29, 0.717) is 30.0 Å². The van der Waals surface area contributed by atoms with Crippen molar-refractivity contribution in [2.45, 2.75) is 32.1 Å². The predicted octanol–water partition coefficient (Wildman–Crippen LogP) is 2.14. The number of fused-ring (bicyclic) bond motifs is 1. The lowest BCUT2D eigenvalue weighted by molar-refractivity contribution is 0.0656. The van der Waals surface area contributed by atoms with E-state index in [4.69, 9.17) is 21.1 Å². The molecule has 168 valence electrons. The zero-order valence-electron chi connectivity index (χ0n) is 17.4. The van der Waals surface area contributed by atoms with Crippen molar-refractivity contribution in [3.05, 3.63) is 34.6 Å². The maximum Gasteiger partial charge on any atom is 0.229 e. The van der Waals surface area contributed by atoms with Gasteiger partial charge in [0.05, 0.1) is 49.2 Å². The Labute approximate surface area is 185 Å². The first-order valence-corrected chi connectivity index (χ1v) is 11.9. The summed E-state index contributed by atoms with van der Waals surface area (Å²) >= 11 is 6.29. The Kier molecular flexibility index (Phi) is 6.20. The summed E-state index contributed by atoms with van der Waals surface area (Å²) in [4.78, 5) is 8.64. The third-order valence-corrected chi connectivity index (χ3v) is 7.04. The van der Waals surface area contributed by atoms with E-state index < -0.39 is 9.84 Å². The maximum absolute atomic E-state index is 12.3. The molecule has 2 unspecified atom stereocenters. The summed E-state index contributed by atoms with van der Waals surface area (Å²) in [5.41, 5.74) is 1.50. The van der Waals surface area contributed by atoms with Gasteiger partial charge in [0.1, 0.15) is 11.1 Å². The molecule has 0 amide bonds. The summed E-state index contributed by atoms with van der Waals surface area (Å²) in [5, 5.41) is 12.1. The molecule has 2 aromatic heterocycles. The van der Waals surface area contributed by atoms with Crippen molar-refractivity contribution in [3.63, 3.8) is 0 Å². The van der Waals surface area contributed by atoms with Gasteiger partial charge in [0.25, 0.3) is 0 Å². The van der Waals surface area contributed by atoms with Crippen molar-refractivity contribution < 1.29 is 17.9 Å². The van der Waals surface area contributed by atoms with Gasteiger partial charge < -0.3 is 20.1 Å². The van der Waals surface area contributed by atoms with Gasteiger partial charge >= 0.3 is 0 Å². The quantitative estimate of drug-likeness (QED) is 0.629. The Morgan fingerprint density at radius 2 is 2.06 bits per heavy atom. The molecule has 0 radical (unpaired) electrons. The zero-order valence-corrected chi connectivity index (χ0v) is 19.0. The van der Waals surface area contributed by atoms with Crippen LogP contribution in [0.1, 0.15) is 13.8 Å². The molecule has 4 rings (SSSR count). The Morgan fingerprint density at radius 3 is 2.77 bits per heavy atom. The highest BCUT2D eigenvalue weighted by Gasteiger charge is 2.48. The number of aromatic nitrogens is 4. The van der Waals surface area contributed by atoms with Crippen LogP contribution in [0.3, 0.4) is 0 Å². The summed E-state index contributed by atoms with van der Waals surface area (Å²) in [5.74, 6) is 0.593. The van der Waals surface area contributed by atoms with Gasteiger partial charge in [-0.3, -0.25) is 4.68 Å². The minimum atomic E-state index is -3.32. The topological polar surface area (TPSA) is 120 Å². The molecule has 4 heterocycles. The summed E-state index contributed by atoms with van der Waals surface area (Å²) in [6, 6.07) is -0.209. The van der Waals surface area contributed by atoms with Gasteiger partial charge in [-0.25, -0.2) is 13.4 Å². The van der Waals surface area contributed by atoms with Crippen LogP contribution in [-0.4, -0.2) is 65.4 Å². The Bertz CT molecular complexity index is 1080. The molecule has 4 atom stereocenters. The summed E-state index contributed by atoms with van der Waals surface area (Å²) < 4.78 is 38.2. The molecule has 10 nitrogen and oxygen atoms in total. The van der Waals surface area contributed by atoms with Crippen molar-refractivity contribution in [2.75, 3.05) is 29.6 Å². The lowest BCUT2D eigenvalue weighted by atomic mass is 10.0. The molecule has 12 heteroatoms. The number of nitrogens with one attached hydrogen (secondary N) is 2. The number of ether oxygens (including phenoxy) is 2. The van der Waals surface area contributed by atoms with Crippen LogP contribution in [-0.2, 0) is 26.4 Å². The summed E-state index contributed by atoms with van der Waals surface area (Å²) in [7, 11) is -1.50. The number of rotatable bonds is 7. The van der Waals surface area contributed by atoms with E-state index >= 15 is 0 Å². The lowest BCUT2D eigenvalue weighted by Gasteiger charge is -2.19. The van der Waals surface area contributed by atoms with E-state index in [9.17, 15) is 8.42 Å². The molecule has 2 aromatic rings. The molecule has 0 bridgehead atoms. The van der Waals surface area contributed by atoms with Crippen molar-refractivity contribution in [3.8, 4) is 0 Å². The molecule has 0 spiro atoms. The van der Waals surface area contributed by atoms with Crippen LogP contribution in [0, 0.1) is 5.92 Å². The fraction of sp³-hybridized carbons (Fsp3) is 0.526. The summed E-state index contributed by atoms with van der Waals surface area (Å²) in [6.07, 6.45) is 4.39. The zero-order chi connectivity index (χ0) is 22.2. The number of nitrogens with zero attached hydrogens (tertiary/aromatic N) is 4. The summed E-state index contributed by atoms with van der Waals surface area (Å²) in [6.45, 7) is 4.22. The monoisotopic (exact) mass is 468 g/mol. The van der Waals surface area contributed by atoms with Crippen molar-refractivity contribution >= 4 is 38.9 Å². The molecule has 0 saturated carbocycles. The number of allylic oxidation sites excluding steroid dienone is 1. The number of hydrogen-bond donors (Lipinski definition) is 2. The third-order valence-electron chi connectivity index (χ3n) is 5.04. The highest BCUT2D eigenvalue weighted by molar-refractivity contribution is 7.94. The highest BCUT2D eigenvalue weighted by atomic mass is 35.5. The molecule has 2 saturated heterocycles. The van der Waals surface area contributed by atoms with Gasteiger partial charge in [0, 0.05) is 24.6 Å². The molecule has 2 aliphatic rings. The van der Waals surface area contributed by atoms with Gasteiger partial charge in [-0.1, -0.05) is 17.2 Å². The molecule has 2 N–H and O–H groups in total. The van der Waals surface area contributed by atoms with E-state index in [2.05, 4.69) is 25.7 Å². The molecular formula is C19H25ClN6O4S. The predicted molar refractivity (Wildman–Crippen MR) is 117 cm³/mol. The second-order valence-electron chi connectivity index (χ2n) is 8.05. The van der Waals surface area contributed by atoms with Gasteiger partial charge in [-0.05, 0) is 13.8 Å². The van der Waals surface area contributed by atoms with Crippen molar-refractivity contribution in [1.29, 1.82) is 0 Å². The fourth-order valence-corrected chi connectivity index (χ4v) is 5.71. The Balaban J connectivity index is 1.43. The average molecular weight is 469 g/mol. The van der Waals surface area contributed by atoms with Crippen LogP contribution in [0.25, 0.3) is 0 Å². The molecular weight excluding hydrogens is 444 g/mol. The van der Waals surface area contributed by atoms with E-state index in [-0.39, 0.29) is 29.9 Å². The maximum atomic E-state index is 12.3. The van der Waals surface area contributed by atoms with E-state index in [1.54, 1.807) is 30.9 Å². The van der Waals surface area contributed by atoms with Crippen LogP contribution in [0.15, 0.2) is 29.6 Å². The smallest absolute Gasteiger partial charge is 0.229 e. The molecule has 2 aliphatic heterocycles. The number of sulfone groups is 1. The van der Waals surface area contributed by atoms with Gasteiger partial charge in [-0.15, -0.1) is 0 Å². The highest BCUT2D eigenvalue weighted by Crippen LogP contribution is 2.34. The van der Waals surface area contributed by atoms with Gasteiger partial charge in [-0.2, -0.15) is 10.1 Å². The van der Waals surface area contributed by atoms with Crippen molar-refractivity contribution in [1.82, 2.24) is 19.7 Å². The van der Waals surface area contributed by atoms with Crippen LogP contribution < -0.4 is 10.6 Å². The molecule has 2 fully saturated rings. The third kappa shape index (κ3) is 5.17.